The van der Waals surface area contributed by atoms with Crippen molar-refractivity contribution < 1.29 is 14.7 Å². The molecule has 0 saturated carbocycles. The Morgan fingerprint density at radius 2 is 2.33 bits per heavy atom. The summed E-state index contributed by atoms with van der Waals surface area (Å²) in [7, 11) is 0. The number of anilines is 1. The number of aryl methyl sites for hydroxylation is 1. The van der Waals surface area contributed by atoms with Crippen molar-refractivity contribution >= 4 is 40.0 Å². The van der Waals surface area contributed by atoms with Gasteiger partial charge in [-0.2, -0.15) is 0 Å². The van der Waals surface area contributed by atoms with Gasteiger partial charge < -0.3 is 10.4 Å². The van der Waals surface area contributed by atoms with Gasteiger partial charge in [0.05, 0.1) is 10.8 Å². The molecule has 1 aromatic rings. The first-order valence-electron chi connectivity index (χ1n) is 5.90. The van der Waals surface area contributed by atoms with Crippen LogP contribution >= 0.6 is 23.1 Å². The Labute approximate surface area is 114 Å². The van der Waals surface area contributed by atoms with Crippen molar-refractivity contribution in [2.75, 3.05) is 11.1 Å². The monoisotopic (exact) mass is 285 g/mol. The van der Waals surface area contributed by atoms with E-state index in [-0.39, 0.29) is 16.7 Å². The molecular weight excluding hydrogens is 270 g/mol. The van der Waals surface area contributed by atoms with Crippen molar-refractivity contribution in [3.05, 3.63) is 16.5 Å². The van der Waals surface area contributed by atoms with E-state index < -0.39 is 5.97 Å². The third kappa shape index (κ3) is 2.87. The average molecular weight is 285 g/mol. The van der Waals surface area contributed by atoms with Gasteiger partial charge in [0.1, 0.15) is 5.00 Å². The van der Waals surface area contributed by atoms with Crippen molar-refractivity contribution in [3.63, 3.8) is 0 Å². The van der Waals surface area contributed by atoms with E-state index in [0.29, 0.717) is 5.00 Å². The molecule has 98 valence electrons. The van der Waals surface area contributed by atoms with Crippen LogP contribution in [0.5, 0.6) is 0 Å². The third-order valence-corrected chi connectivity index (χ3v) is 5.39. The number of aromatic carboxylic acids is 1. The van der Waals surface area contributed by atoms with Gasteiger partial charge in [-0.15, -0.1) is 23.1 Å². The number of nitrogens with one attached hydrogen (secondary N) is 1. The van der Waals surface area contributed by atoms with Crippen LogP contribution in [-0.4, -0.2) is 28.0 Å². The number of carboxylic acids is 1. The Balaban J connectivity index is 2.14. The molecule has 6 heteroatoms. The van der Waals surface area contributed by atoms with Crippen molar-refractivity contribution in [2.24, 2.45) is 0 Å². The average Bonchev–Trinajstić information content (AvgIpc) is 2.97. The van der Waals surface area contributed by atoms with E-state index in [2.05, 4.69) is 5.32 Å². The molecule has 1 fully saturated rings. The molecule has 2 rings (SSSR count). The van der Waals surface area contributed by atoms with Crippen LogP contribution in [0.1, 0.15) is 35.0 Å². The minimum Gasteiger partial charge on any atom is -0.478 e. The highest BCUT2D eigenvalue weighted by Gasteiger charge is 2.25. The van der Waals surface area contributed by atoms with E-state index in [1.807, 2.05) is 6.92 Å². The number of thiophene rings is 1. The summed E-state index contributed by atoms with van der Waals surface area (Å²) in [5.74, 6) is -0.0426. The zero-order valence-electron chi connectivity index (χ0n) is 10.1. The minimum absolute atomic E-state index is 0.0289. The summed E-state index contributed by atoms with van der Waals surface area (Å²) < 4.78 is 0. The van der Waals surface area contributed by atoms with Gasteiger partial charge >= 0.3 is 5.97 Å². The van der Waals surface area contributed by atoms with Crippen molar-refractivity contribution in [1.29, 1.82) is 0 Å². The SMILES string of the molecule is CCc1cc(C(=O)O)c(NC(=O)C2CCCS2)s1. The number of carbonyl (C=O) groups excluding carboxylic acids is 1. The molecule has 0 radical (unpaired) electrons. The highest BCUT2D eigenvalue weighted by Crippen LogP contribution is 2.31. The van der Waals surface area contributed by atoms with Crippen LogP contribution in [0.3, 0.4) is 0 Å². The van der Waals surface area contributed by atoms with Crippen LogP contribution in [0.25, 0.3) is 0 Å². The molecule has 0 bridgehead atoms. The first kappa shape index (κ1) is 13.4. The first-order valence-corrected chi connectivity index (χ1v) is 7.76. The van der Waals surface area contributed by atoms with Crippen LogP contribution in [0.2, 0.25) is 0 Å². The van der Waals surface area contributed by atoms with Gasteiger partial charge in [0.2, 0.25) is 5.91 Å². The second-order valence-corrected chi connectivity index (χ2v) is 6.55. The van der Waals surface area contributed by atoms with Gasteiger partial charge in [0.15, 0.2) is 0 Å². The summed E-state index contributed by atoms with van der Waals surface area (Å²) in [6, 6.07) is 1.64. The summed E-state index contributed by atoms with van der Waals surface area (Å²) in [5, 5.41) is 12.3. The standard InChI is InChI=1S/C12H15NO3S2/c1-2-7-6-8(12(15)16)11(18-7)13-10(14)9-4-3-5-17-9/h6,9H,2-5H2,1H3,(H,13,14)(H,15,16). The fraction of sp³-hybridized carbons (Fsp3) is 0.500. The van der Waals surface area contributed by atoms with E-state index in [1.165, 1.54) is 11.3 Å². The molecule has 0 spiro atoms. The van der Waals surface area contributed by atoms with E-state index >= 15 is 0 Å². The zero-order chi connectivity index (χ0) is 13.1. The molecule has 1 aliphatic rings. The topological polar surface area (TPSA) is 66.4 Å². The predicted molar refractivity (Wildman–Crippen MR) is 74.8 cm³/mol. The number of carboxylic acid groups (broad SMARTS) is 1. The normalized spacial score (nSPS) is 18.8. The van der Waals surface area contributed by atoms with E-state index in [0.717, 1.165) is 29.9 Å². The Morgan fingerprint density at radius 1 is 1.56 bits per heavy atom. The summed E-state index contributed by atoms with van der Waals surface area (Å²) in [6.07, 6.45) is 2.71. The van der Waals surface area contributed by atoms with Crippen molar-refractivity contribution in [1.82, 2.24) is 0 Å². The van der Waals surface area contributed by atoms with Gasteiger partial charge in [-0.1, -0.05) is 6.92 Å². The van der Waals surface area contributed by atoms with E-state index in [1.54, 1.807) is 17.8 Å². The first-order chi connectivity index (χ1) is 8.61. The molecule has 1 amide bonds. The smallest absolute Gasteiger partial charge is 0.338 e. The molecule has 1 unspecified atom stereocenters. The van der Waals surface area contributed by atoms with Crippen molar-refractivity contribution in [3.8, 4) is 0 Å². The lowest BCUT2D eigenvalue weighted by Crippen LogP contribution is -2.23. The van der Waals surface area contributed by atoms with Gasteiger partial charge in [-0.05, 0) is 31.1 Å². The maximum absolute atomic E-state index is 12.0. The Morgan fingerprint density at radius 3 is 2.89 bits per heavy atom. The van der Waals surface area contributed by atoms with E-state index in [9.17, 15) is 9.59 Å². The lowest BCUT2D eigenvalue weighted by atomic mass is 10.2. The summed E-state index contributed by atoms with van der Waals surface area (Å²) in [5.41, 5.74) is 0.202. The zero-order valence-corrected chi connectivity index (χ0v) is 11.7. The van der Waals surface area contributed by atoms with Gasteiger partial charge in [0.25, 0.3) is 0 Å². The minimum atomic E-state index is -0.986. The summed E-state index contributed by atoms with van der Waals surface area (Å²) >= 11 is 2.99. The molecule has 0 aromatic carbocycles. The molecule has 18 heavy (non-hydrogen) atoms. The maximum Gasteiger partial charge on any atom is 0.338 e. The molecule has 2 N–H and O–H groups in total. The van der Waals surface area contributed by atoms with Crippen LogP contribution in [0.4, 0.5) is 5.00 Å². The Hall–Kier alpha value is -1.01. The Bertz CT molecular complexity index is 464. The quantitative estimate of drug-likeness (QED) is 0.892. The number of carbonyl (C=O) groups is 2. The van der Waals surface area contributed by atoms with Gasteiger partial charge in [-0.25, -0.2) is 4.79 Å². The molecular formula is C12H15NO3S2. The second kappa shape index (κ2) is 5.75. The fourth-order valence-corrected chi connectivity index (χ4v) is 4.00. The molecule has 0 aliphatic carbocycles. The van der Waals surface area contributed by atoms with E-state index in [4.69, 9.17) is 5.11 Å². The molecule has 4 nitrogen and oxygen atoms in total. The molecule has 1 saturated heterocycles. The molecule has 2 heterocycles. The summed E-state index contributed by atoms with van der Waals surface area (Å²) in [6.45, 7) is 1.97. The number of rotatable bonds is 4. The predicted octanol–water partition coefficient (Wildman–Crippen LogP) is 2.84. The molecule has 1 aromatic heterocycles. The Kier molecular flexibility index (Phi) is 4.29. The maximum atomic E-state index is 12.0. The van der Waals surface area contributed by atoms with Crippen molar-refractivity contribution in [2.45, 2.75) is 31.4 Å². The number of thioether (sulfide) groups is 1. The van der Waals surface area contributed by atoms with Crippen LogP contribution in [0.15, 0.2) is 6.07 Å². The molecule has 1 aliphatic heterocycles. The third-order valence-electron chi connectivity index (χ3n) is 2.82. The fourth-order valence-electron chi connectivity index (χ4n) is 1.84. The largest absolute Gasteiger partial charge is 0.478 e. The number of amides is 1. The van der Waals surface area contributed by atoms with Crippen LogP contribution in [-0.2, 0) is 11.2 Å². The lowest BCUT2D eigenvalue weighted by Gasteiger charge is -2.08. The number of hydrogen-bond acceptors (Lipinski definition) is 4. The highest BCUT2D eigenvalue weighted by molar-refractivity contribution is 8.00. The van der Waals surface area contributed by atoms with Crippen LogP contribution < -0.4 is 5.32 Å². The molecule has 1 atom stereocenters. The second-order valence-electron chi connectivity index (χ2n) is 4.11. The summed E-state index contributed by atoms with van der Waals surface area (Å²) in [4.78, 5) is 24.0. The number of hydrogen-bond donors (Lipinski definition) is 2. The van der Waals surface area contributed by atoms with Gasteiger partial charge in [-0.3, -0.25) is 4.79 Å². The lowest BCUT2D eigenvalue weighted by molar-refractivity contribution is -0.115. The highest BCUT2D eigenvalue weighted by atomic mass is 32.2. The van der Waals surface area contributed by atoms with Gasteiger partial charge in [0, 0.05) is 4.88 Å². The van der Waals surface area contributed by atoms with Crippen LogP contribution in [0, 0.1) is 0 Å².